The number of amides is 1. The number of benzene rings is 1. The van der Waals surface area contributed by atoms with Crippen LogP contribution in [0.1, 0.15) is 22.3 Å². The molecule has 3 nitrogen and oxygen atoms in total. The molecule has 4 heteroatoms. The first kappa shape index (κ1) is 15.3. The molecule has 1 aromatic rings. The molecule has 1 fully saturated rings. The van der Waals surface area contributed by atoms with Crippen LogP contribution in [0.15, 0.2) is 18.2 Å². The van der Waals surface area contributed by atoms with Crippen LogP contribution in [0.3, 0.4) is 0 Å². The average Bonchev–Trinajstić information content (AvgIpc) is 2.65. The van der Waals surface area contributed by atoms with Crippen molar-refractivity contribution in [3.8, 4) is 0 Å². The number of likely N-dealkylation sites (N-methyl/N-ethyl adjacent to an activating group) is 1. The number of hydrogen-bond donors (Lipinski definition) is 1. The monoisotopic (exact) mass is 256 g/mol. The largest absolute Gasteiger partial charge is 1.00 e. The van der Waals surface area contributed by atoms with Gasteiger partial charge in [0, 0.05) is 12.6 Å². The zero-order valence-electron chi connectivity index (χ0n) is 10.8. The molecule has 0 saturated carbocycles. The Hall–Kier alpha value is 0.286. The Morgan fingerprint density at radius 2 is 2.29 bits per heavy atom. The molecule has 1 aliphatic heterocycles. The molecule has 86 valence electrons. The van der Waals surface area contributed by atoms with Crippen molar-refractivity contribution in [2.45, 2.75) is 19.4 Å². The molecule has 0 aliphatic carbocycles. The molecular formula is C13H17KN2O. The van der Waals surface area contributed by atoms with E-state index in [9.17, 15) is 4.79 Å². The van der Waals surface area contributed by atoms with Gasteiger partial charge in [0.25, 0.3) is 0 Å². The van der Waals surface area contributed by atoms with Gasteiger partial charge in [-0.3, -0.25) is 4.79 Å². The first-order valence-electron chi connectivity index (χ1n) is 5.63. The smallest absolute Gasteiger partial charge is 0.358 e. The van der Waals surface area contributed by atoms with Crippen LogP contribution in [-0.2, 0) is 0 Å². The van der Waals surface area contributed by atoms with Crippen molar-refractivity contribution in [1.82, 2.24) is 10.2 Å². The van der Waals surface area contributed by atoms with E-state index in [0.29, 0.717) is 11.6 Å². The van der Waals surface area contributed by atoms with E-state index < -0.39 is 0 Å². The topological polar surface area (TPSA) is 32.3 Å². The predicted molar refractivity (Wildman–Crippen MR) is 63.4 cm³/mol. The van der Waals surface area contributed by atoms with E-state index >= 15 is 0 Å². The van der Waals surface area contributed by atoms with Gasteiger partial charge in [-0.1, -0.05) is 12.5 Å². The van der Waals surface area contributed by atoms with Crippen molar-refractivity contribution in [1.29, 1.82) is 0 Å². The van der Waals surface area contributed by atoms with Crippen LogP contribution in [0.2, 0.25) is 0 Å². The van der Waals surface area contributed by atoms with E-state index in [-0.39, 0.29) is 57.3 Å². The Bertz CT molecular complexity index is 378. The number of likely N-dealkylation sites (tertiary alicyclic amines) is 1. The third-order valence-electron chi connectivity index (χ3n) is 2.96. The van der Waals surface area contributed by atoms with E-state index in [1.165, 1.54) is 0 Å². The van der Waals surface area contributed by atoms with Crippen LogP contribution in [0, 0.1) is 13.0 Å². The minimum absolute atomic E-state index is 0. The Kier molecular flexibility index (Phi) is 6.33. The predicted octanol–water partition coefficient (Wildman–Crippen LogP) is -1.77. The molecule has 17 heavy (non-hydrogen) atoms. The normalized spacial score (nSPS) is 19.8. The Labute approximate surface area is 145 Å². The van der Waals surface area contributed by atoms with E-state index in [4.69, 9.17) is 0 Å². The van der Waals surface area contributed by atoms with Crippen molar-refractivity contribution >= 4 is 5.91 Å². The van der Waals surface area contributed by atoms with Crippen LogP contribution in [0.25, 0.3) is 0 Å². The van der Waals surface area contributed by atoms with E-state index in [0.717, 1.165) is 25.1 Å². The third kappa shape index (κ3) is 4.46. The molecule has 1 unspecified atom stereocenters. The average molecular weight is 256 g/mol. The minimum Gasteiger partial charge on any atom is -0.358 e. The fourth-order valence-corrected chi connectivity index (χ4v) is 1.97. The molecule has 0 aromatic heterocycles. The summed E-state index contributed by atoms with van der Waals surface area (Å²) in [4.78, 5) is 14.1. The first-order valence-corrected chi connectivity index (χ1v) is 5.63. The third-order valence-corrected chi connectivity index (χ3v) is 2.96. The fourth-order valence-electron chi connectivity index (χ4n) is 1.97. The van der Waals surface area contributed by atoms with Crippen molar-refractivity contribution in [2.75, 3.05) is 20.1 Å². The number of nitrogens with zero attached hydrogens (tertiary/aromatic N) is 1. The molecular weight excluding hydrogens is 239 g/mol. The second-order valence-electron chi connectivity index (χ2n) is 4.48. The molecule has 0 radical (unpaired) electrons. The van der Waals surface area contributed by atoms with Gasteiger partial charge >= 0.3 is 51.4 Å². The van der Waals surface area contributed by atoms with E-state index in [2.05, 4.69) is 23.3 Å². The van der Waals surface area contributed by atoms with Crippen LogP contribution in [-0.4, -0.2) is 37.0 Å². The Balaban J connectivity index is 0.00000144. The van der Waals surface area contributed by atoms with Crippen LogP contribution in [0.4, 0.5) is 0 Å². The first-order chi connectivity index (χ1) is 7.65. The summed E-state index contributed by atoms with van der Waals surface area (Å²) in [6.07, 6.45) is 1.04. The standard InChI is InChI=1S/C13H17N2O.K/c1-10-3-5-11(6-4-10)13(16)14-12-7-8-15(2)9-12;/h3,5-6,12H,7-9H2,1-2H3,(H,14,16);/q-1;+1. The number of rotatable bonds is 2. The SMILES string of the molecule is Cc1[c-]cc(C(=O)NC2CCN(C)C2)cc1.[K+]. The van der Waals surface area contributed by atoms with Crippen molar-refractivity contribution in [2.24, 2.45) is 0 Å². The summed E-state index contributed by atoms with van der Waals surface area (Å²) >= 11 is 0. The molecule has 2 rings (SSSR count). The number of carbonyl (C=O) groups is 1. The van der Waals surface area contributed by atoms with Crippen LogP contribution < -0.4 is 56.7 Å². The van der Waals surface area contributed by atoms with Crippen LogP contribution >= 0.6 is 0 Å². The fraction of sp³-hybridized carbons (Fsp3) is 0.462. The van der Waals surface area contributed by atoms with Crippen molar-refractivity contribution in [3.63, 3.8) is 0 Å². The summed E-state index contributed by atoms with van der Waals surface area (Å²) in [5, 5.41) is 3.04. The summed E-state index contributed by atoms with van der Waals surface area (Å²) in [6, 6.07) is 8.85. The van der Waals surface area contributed by atoms with Crippen LogP contribution in [0.5, 0.6) is 0 Å². The zero-order chi connectivity index (χ0) is 11.5. The summed E-state index contributed by atoms with van der Waals surface area (Å²) in [6.45, 7) is 3.97. The van der Waals surface area contributed by atoms with Gasteiger partial charge in [-0.05, 0) is 20.0 Å². The van der Waals surface area contributed by atoms with Gasteiger partial charge in [0.15, 0.2) is 5.91 Å². The zero-order valence-corrected chi connectivity index (χ0v) is 13.9. The summed E-state index contributed by atoms with van der Waals surface area (Å²) < 4.78 is 0. The molecule has 0 bridgehead atoms. The summed E-state index contributed by atoms with van der Waals surface area (Å²) in [5.74, 6) is 0.0107. The second kappa shape index (κ2) is 7.02. The van der Waals surface area contributed by atoms with Gasteiger partial charge in [-0.15, -0.1) is 0 Å². The maximum absolute atomic E-state index is 11.9. The molecule has 1 saturated heterocycles. The molecule has 1 amide bonds. The quantitative estimate of drug-likeness (QED) is 0.502. The van der Waals surface area contributed by atoms with E-state index in [1.807, 2.05) is 19.1 Å². The maximum Gasteiger partial charge on any atom is 1.00 e. The van der Waals surface area contributed by atoms with Gasteiger partial charge in [0.2, 0.25) is 0 Å². The van der Waals surface area contributed by atoms with Gasteiger partial charge in [-0.2, -0.15) is 29.8 Å². The molecule has 1 aliphatic rings. The summed E-state index contributed by atoms with van der Waals surface area (Å²) in [7, 11) is 2.08. The number of carbonyl (C=O) groups excluding carboxylic acids is 1. The molecule has 1 atom stereocenters. The summed E-state index contributed by atoms with van der Waals surface area (Å²) in [5.41, 5.74) is 1.75. The van der Waals surface area contributed by atoms with Gasteiger partial charge in [-0.25, -0.2) is 0 Å². The minimum atomic E-state index is 0. The molecule has 0 spiro atoms. The number of hydrogen-bond acceptors (Lipinski definition) is 2. The van der Waals surface area contributed by atoms with Crippen molar-refractivity contribution < 1.29 is 56.2 Å². The number of aryl methyl sites for hydroxylation is 1. The molecule has 1 aromatic carbocycles. The van der Waals surface area contributed by atoms with Crippen molar-refractivity contribution in [3.05, 3.63) is 35.4 Å². The Morgan fingerprint density at radius 3 is 2.82 bits per heavy atom. The van der Waals surface area contributed by atoms with Gasteiger partial charge in [0.05, 0.1) is 0 Å². The Morgan fingerprint density at radius 1 is 1.53 bits per heavy atom. The maximum atomic E-state index is 11.9. The second-order valence-corrected chi connectivity index (χ2v) is 4.48. The van der Waals surface area contributed by atoms with E-state index in [1.54, 1.807) is 6.07 Å². The van der Waals surface area contributed by atoms with Gasteiger partial charge in [0.1, 0.15) is 0 Å². The van der Waals surface area contributed by atoms with Gasteiger partial charge < -0.3 is 10.2 Å². The number of nitrogens with one attached hydrogen (secondary N) is 1. The molecule has 1 N–H and O–H groups in total. The molecule has 1 heterocycles.